The molecule has 0 atom stereocenters. The predicted octanol–water partition coefficient (Wildman–Crippen LogP) is 2.73. The number of nitrogens with zero attached hydrogens (tertiary/aromatic N) is 2. The quantitative estimate of drug-likeness (QED) is 0.633. The first-order valence-corrected chi connectivity index (χ1v) is 6.74. The molecule has 0 aliphatic carbocycles. The fourth-order valence-corrected chi connectivity index (χ4v) is 1.87. The zero-order valence-corrected chi connectivity index (χ0v) is 12.5. The van der Waals surface area contributed by atoms with Crippen LogP contribution in [0.25, 0.3) is 0 Å². The van der Waals surface area contributed by atoms with Crippen LogP contribution in [0.4, 0.5) is 14.9 Å². The molecule has 0 saturated carbocycles. The third-order valence-corrected chi connectivity index (χ3v) is 2.92. The molecule has 0 spiro atoms. The van der Waals surface area contributed by atoms with Gasteiger partial charge in [-0.3, -0.25) is 10.1 Å². The first-order valence-electron chi connectivity index (χ1n) is 6.74. The average Bonchev–Trinajstić information content (AvgIpc) is 2.31. The lowest BCUT2D eigenvalue weighted by Crippen LogP contribution is -2.57. The number of nitro groups is 1. The number of nitro benzene ring substituents is 1. The van der Waals surface area contributed by atoms with Crippen molar-refractivity contribution in [3.8, 4) is 5.75 Å². The summed E-state index contributed by atoms with van der Waals surface area (Å²) in [6, 6.07) is 3.19. The third-order valence-electron chi connectivity index (χ3n) is 2.92. The van der Waals surface area contributed by atoms with E-state index < -0.39 is 22.4 Å². The number of hydrogen-bond acceptors (Lipinski definition) is 5. The van der Waals surface area contributed by atoms with E-state index >= 15 is 0 Å². The fraction of sp³-hybridized carbons (Fsp3) is 0.500. The Morgan fingerprint density at radius 1 is 1.41 bits per heavy atom. The maximum atomic E-state index is 13.7. The molecule has 7 nitrogen and oxygen atoms in total. The smallest absolute Gasteiger partial charge is 0.410 e. The summed E-state index contributed by atoms with van der Waals surface area (Å²) in [5.41, 5.74) is -0.915. The molecule has 1 amide bonds. The van der Waals surface area contributed by atoms with E-state index in [2.05, 4.69) is 0 Å². The highest BCUT2D eigenvalue weighted by molar-refractivity contribution is 5.69. The van der Waals surface area contributed by atoms with Crippen molar-refractivity contribution >= 4 is 11.8 Å². The summed E-state index contributed by atoms with van der Waals surface area (Å²) < 4.78 is 24.2. The van der Waals surface area contributed by atoms with Crippen LogP contribution in [0.2, 0.25) is 0 Å². The fourth-order valence-electron chi connectivity index (χ4n) is 1.87. The van der Waals surface area contributed by atoms with Crippen molar-refractivity contribution in [2.75, 3.05) is 13.1 Å². The number of benzene rings is 1. The average molecular weight is 312 g/mol. The molecule has 1 saturated heterocycles. The van der Waals surface area contributed by atoms with Gasteiger partial charge in [-0.1, -0.05) is 0 Å². The summed E-state index contributed by atoms with van der Waals surface area (Å²) in [7, 11) is 0. The Kier molecular flexibility index (Phi) is 4.20. The van der Waals surface area contributed by atoms with E-state index in [-0.39, 0.29) is 30.6 Å². The number of amides is 1. The maximum absolute atomic E-state index is 13.7. The van der Waals surface area contributed by atoms with E-state index in [4.69, 9.17) is 9.47 Å². The summed E-state index contributed by atoms with van der Waals surface area (Å²) in [6.07, 6.45) is -0.806. The second kappa shape index (κ2) is 5.78. The van der Waals surface area contributed by atoms with E-state index in [0.717, 1.165) is 6.07 Å². The SMILES string of the molecule is CC(C)(C)OC(=O)N1CC(Oc2ccc([N+](=O)[O-])cc2F)C1. The molecule has 0 bridgehead atoms. The van der Waals surface area contributed by atoms with Gasteiger partial charge in [0.25, 0.3) is 5.69 Å². The van der Waals surface area contributed by atoms with Crippen LogP contribution in [-0.4, -0.2) is 40.7 Å². The Bertz CT molecular complexity index is 593. The normalized spacial score (nSPS) is 15.2. The Morgan fingerprint density at radius 3 is 2.55 bits per heavy atom. The van der Waals surface area contributed by atoms with Gasteiger partial charge in [0.2, 0.25) is 0 Å². The Hall–Kier alpha value is -2.38. The second-order valence-electron chi connectivity index (χ2n) is 6.00. The summed E-state index contributed by atoms with van der Waals surface area (Å²) in [4.78, 5) is 23.0. The first kappa shape index (κ1) is 16.0. The van der Waals surface area contributed by atoms with E-state index in [1.54, 1.807) is 20.8 Å². The lowest BCUT2D eigenvalue weighted by molar-refractivity contribution is -0.385. The van der Waals surface area contributed by atoms with Gasteiger partial charge >= 0.3 is 6.09 Å². The molecule has 120 valence electrons. The molecule has 0 aromatic heterocycles. The summed E-state index contributed by atoms with van der Waals surface area (Å²) in [5, 5.41) is 10.5. The molecule has 2 rings (SSSR count). The van der Waals surface area contributed by atoms with Gasteiger partial charge in [0.05, 0.1) is 24.1 Å². The number of rotatable bonds is 3. The van der Waals surface area contributed by atoms with Crippen molar-refractivity contribution < 1.29 is 23.6 Å². The summed E-state index contributed by atoms with van der Waals surface area (Å²) in [6.45, 7) is 5.87. The molecular weight excluding hydrogens is 295 g/mol. The van der Waals surface area contributed by atoms with Crippen molar-refractivity contribution in [3.63, 3.8) is 0 Å². The van der Waals surface area contributed by atoms with E-state index in [0.29, 0.717) is 0 Å². The number of likely N-dealkylation sites (tertiary alicyclic amines) is 1. The van der Waals surface area contributed by atoms with Crippen LogP contribution < -0.4 is 4.74 Å². The summed E-state index contributed by atoms with van der Waals surface area (Å²) in [5.74, 6) is -0.871. The second-order valence-corrected chi connectivity index (χ2v) is 6.00. The van der Waals surface area contributed by atoms with Crippen LogP contribution in [0.5, 0.6) is 5.75 Å². The zero-order chi connectivity index (χ0) is 16.5. The molecule has 1 aromatic carbocycles. The highest BCUT2D eigenvalue weighted by atomic mass is 19.1. The van der Waals surface area contributed by atoms with Crippen LogP contribution in [0.3, 0.4) is 0 Å². The van der Waals surface area contributed by atoms with Gasteiger partial charge in [-0.2, -0.15) is 0 Å². The van der Waals surface area contributed by atoms with E-state index in [1.165, 1.54) is 17.0 Å². The lowest BCUT2D eigenvalue weighted by atomic mass is 10.1. The van der Waals surface area contributed by atoms with Gasteiger partial charge in [-0.25, -0.2) is 9.18 Å². The Balaban J connectivity index is 1.88. The number of carbonyl (C=O) groups is 1. The minimum Gasteiger partial charge on any atom is -0.484 e. The molecule has 1 aliphatic heterocycles. The molecule has 1 aromatic rings. The van der Waals surface area contributed by atoms with Crippen molar-refractivity contribution in [3.05, 3.63) is 34.1 Å². The lowest BCUT2D eigenvalue weighted by Gasteiger charge is -2.39. The van der Waals surface area contributed by atoms with Gasteiger partial charge in [-0.05, 0) is 26.8 Å². The van der Waals surface area contributed by atoms with Gasteiger partial charge in [0.15, 0.2) is 11.6 Å². The zero-order valence-electron chi connectivity index (χ0n) is 12.5. The molecule has 0 unspecified atom stereocenters. The monoisotopic (exact) mass is 312 g/mol. The Morgan fingerprint density at radius 2 is 2.05 bits per heavy atom. The number of carbonyl (C=O) groups excluding carboxylic acids is 1. The van der Waals surface area contributed by atoms with Crippen molar-refractivity contribution in [1.29, 1.82) is 0 Å². The number of non-ortho nitro benzene ring substituents is 1. The van der Waals surface area contributed by atoms with Crippen LogP contribution in [0, 0.1) is 15.9 Å². The summed E-state index contributed by atoms with van der Waals surface area (Å²) >= 11 is 0. The molecule has 22 heavy (non-hydrogen) atoms. The van der Waals surface area contributed by atoms with Crippen molar-refractivity contribution in [1.82, 2.24) is 4.90 Å². The van der Waals surface area contributed by atoms with Gasteiger partial charge < -0.3 is 14.4 Å². The molecule has 0 radical (unpaired) electrons. The van der Waals surface area contributed by atoms with Crippen LogP contribution >= 0.6 is 0 Å². The highest BCUT2D eigenvalue weighted by Gasteiger charge is 2.35. The molecule has 1 heterocycles. The standard InChI is InChI=1S/C14H17FN2O5/c1-14(2,3)22-13(18)16-7-10(8-16)21-12-5-4-9(17(19)20)6-11(12)15/h4-6,10H,7-8H2,1-3H3. The van der Waals surface area contributed by atoms with Crippen molar-refractivity contribution in [2.24, 2.45) is 0 Å². The van der Waals surface area contributed by atoms with Crippen molar-refractivity contribution in [2.45, 2.75) is 32.5 Å². The highest BCUT2D eigenvalue weighted by Crippen LogP contribution is 2.26. The largest absolute Gasteiger partial charge is 0.484 e. The first-order chi connectivity index (χ1) is 10.2. The van der Waals surface area contributed by atoms with Crippen LogP contribution in [0.15, 0.2) is 18.2 Å². The third kappa shape index (κ3) is 3.84. The maximum Gasteiger partial charge on any atom is 0.410 e. The van der Waals surface area contributed by atoms with Gasteiger partial charge in [-0.15, -0.1) is 0 Å². The van der Waals surface area contributed by atoms with Gasteiger partial charge in [0, 0.05) is 6.07 Å². The van der Waals surface area contributed by atoms with Crippen LogP contribution in [0.1, 0.15) is 20.8 Å². The number of halogens is 1. The number of hydrogen-bond donors (Lipinski definition) is 0. The Labute approximate surface area is 126 Å². The topological polar surface area (TPSA) is 81.9 Å². The molecule has 1 aliphatic rings. The molecule has 1 fully saturated rings. The molecule has 0 N–H and O–H groups in total. The minimum atomic E-state index is -0.801. The number of ether oxygens (including phenoxy) is 2. The van der Waals surface area contributed by atoms with E-state index in [9.17, 15) is 19.3 Å². The molecular formula is C14H17FN2O5. The van der Waals surface area contributed by atoms with E-state index in [1.807, 2.05) is 0 Å². The van der Waals surface area contributed by atoms with Crippen LogP contribution in [-0.2, 0) is 4.74 Å². The predicted molar refractivity (Wildman–Crippen MR) is 75.3 cm³/mol. The molecule has 8 heteroatoms. The minimum absolute atomic E-state index is 0.0700. The van der Waals surface area contributed by atoms with Gasteiger partial charge in [0.1, 0.15) is 11.7 Å².